The van der Waals surface area contributed by atoms with Crippen molar-refractivity contribution in [1.29, 1.82) is 0 Å². The van der Waals surface area contributed by atoms with E-state index in [1.807, 2.05) is 6.92 Å². The van der Waals surface area contributed by atoms with Crippen molar-refractivity contribution in [2.24, 2.45) is 5.41 Å². The molecule has 0 aromatic carbocycles. The summed E-state index contributed by atoms with van der Waals surface area (Å²) in [5, 5.41) is 11.8. The molecule has 1 aliphatic rings. The average molecular weight is 389 g/mol. The first-order valence-corrected chi connectivity index (χ1v) is 10.2. The van der Waals surface area contributed by atoms with Crippen LogP contribution in [-0.4, -0.2) is 56.6 Å². The lowest BCUT2D eigenvalue weighted by Gasteiger charge is -2.20. The molecular formula is C15H23N3O5S2. The van der Waals surface area contributed by atoms with Crippen LogP contribution in [0.4, 0.5) is 4.79 Å². The van der Waals surface area contributed by atoms with Gasteiger partial charge in [0.25, 0.3) is 0 Å². The van der Waals surface area contributed by atoms with Crippen LogP contribution in [0.2, 0.25) is 0 Å². The molecule has 1 unspecified atom stereocenters. The Kier molecular flexibility index (Phi) is 5.75. The van der Waals surface area contributed by atoms with Gasteiger partial charge in [-0.05, 0) is 33.3 Å². The maximum atomic E-state index is 12.2. The van der Waals surface area contributed by atoms with Crippen LogP contribution < -0.4 is 10.0 Å². The number of aryl methyl sites for hydroxylation is 2. The summed E-state index contributed by atoms with van der Waals surface area (Å²) in [4.78, 5) is 26.6. The van der Waals surface area contributed by atoms with E-state index in [9.17, 15) is 23.1 Å². The Hall–Kier alpha value is -1.65. The molecule has 2 amide bonds. The van der Waals surface area contributed by atoms with Crippen LogP contribution >= 0.6 is 11.3 Å². The molecule has 0 radical (unpaired) electrons. The molecule has 140 valence electrons. The van der Waals surface area contributed by atoms with Crippen LogP contribution in [-0.2, 0) is 14.8 Å². The molecule has 0 saturated carbocycles. The fourth-order valence-electron chi connectivity index (χ4n) is 2.73. The lowest BCUT2D eigenvalue weighted by Crippen LogP contribution is -2.43. The Labute approximate surface area is 151 Å². The number of aliphatic carboxylic acids is 1. The summed E-state index contributed by atoms with van der Waals surface area (Å²) < 4.78 is 26.9. The third-order valence-electron chi connectivity index (χ3n) is 4.26. The second kappa shape index (κ2) is 7.30. The maximum Gasteiger partial charge on any atom is 0.317 e. The van der Waals surface area contributed by atoms with Gasteiger partial charge >= 0.3 is 12.0 Å². The van der Waals surface area contributed by atoms with Gasteiger partial charge in [-0.3, -0.25) is 4.79 Å². The second-order valence-corrected chi connectivity index (χ2v) is 9.64. The minimum atomic E-state index is -3.60. The number of carbonyl (C=O) groups is 2. The molecule has 2 rings (SSSR count). The minimum absolute atomic E-state index is 0.0620. The van der Waals surface area contributed by atoms with Gasteiger partial charge in [-0.2, -0.15) is 0 Å². The van der Waals surface area contributed by atoms with Crippen molar-refractivity contribution < 1.29 is 23.1 Å². The highest BCUT2D eigenvalue weighted by molar-refractivity contribution is 7.89. The van der Waals surface area contributed by atoms with E-state index in [2.05, 4.69) is 10.0 Å². The number of carboxylic acids is 1. The number of rotatable bonds is 6. The molecule has 1 aliphatic heterocycles. The van der Waals surface area contributed by atoms with Crippen molar-refractivity contribution in [3.63, 3.8) is 0 Å². The highest BCUT2D eigenvalue weighted by atomic mass is 32.2. The summed E-state index contributed by atoms with van der Waals surface area (Å²) in [7, 11) is -3.60. The molecule has 0 aliphatic carbocycles. The Balaban J connectivity index is 1.81. The molecule has 2 heterocycles. The van der Waals surface area contributed by atoms with E-state index in [0.29, 0.717) is 13.0 Å². The van der Waals surface area contributed by atoms with Gasteiger partial charge in [0.1, 0.15) is 0 Å². The molecule has 1 atom stereocenters. The van der Waals surface area contributed by atoms with E-state index in [0.717, 1.165) is 9.75 Å². The fraction of sp³-hybridized carbons (Fsp3) is 0.600. The summed E-state index contributed by atoms with van der Waals surface area (Å²) in [6.07, 6.45) is 0.402. The highest BCUT2D eigenvalue weighted by Crippen LogP contribution is 2.30. The molecule has 1 aromatic rings. The molecule has 0 bridgehead atoms. The third kappa shape index (κ3) is 4.50. The van der Waals surface area contributed by atoms with Crippen molar-refractivity contribution in [1.82, 2.24) is 14.9 Å². The zero-order chi connectivity index (χ0) is 18.8. The Morgan fingerprint density at radius 3 is 2.56 bits per heavy atom. The molecule has 1 saturated heterocycles. The van der Waals surface area contributed by atoms with Gasteiger partial charge in [-0.15, -0.1) is 11.3 Å². The Morgan fingerprint density at radius 2 is 2.04 bits per heavy atom. The normalized spacial score (nSPS) is 20.7. The van der Waals surface area contributed by atoms with Crippen LogP contribution in [0, 0.1) is 19.3 Å². The Bertz CT molecular complexity index is 774. The van der Waals surface area contributed by atoms with E-state index >= 15 is 0 Å². The quantitative estimate of drug-likeness (QED) is 0.631. The number of likely N-dealkylation sites (tertiary alicyclic amines) is 1. The minimum Gasteiger partial charge on any atom is -0.481 e. The Morgan fingerprint density at radius 1 is 1.36 bits per heavy atom. The number of carbonyl (C=O) groups excluding carboxylic acids is 1. The van der Waals surface area contributed by atoms with E-state index in [1.165, 1.54) is 16.2 Å². The third-order valence-corrected chi connectivity index (χ3v) is 6.94. The van der Waals surface area contributed by atoms with Crippen LogP contribution in [0.3, 0.4) is 0 Å². The van der Waals surface area contributed by atoms with Crippen molar-refractivity contribution in [3.05, 3.63) is 15.8 Å². The number of hydrogen-bond acceptors (Lipinski definition) is 5. The number of urea groups is 1. The van der Waals surface area contributed by atoms with Gasteiger partial charge in [-0.1, -0.05) is 0 Å². The summed E-state index contributed by atoms with van der Waals surface area (Å²) >= 11 is 1.42. The van der Waals surface area contributed by atoms with Gasteiger partial charge < -0.3 is 15.3 Å². The molecular weight excluding hydrogens is 366 g/mol. The molecule has 1 fully saturated rings. The van der Waals surface area contributed by atoms with Gasteiger partial charge in [0.15, 0.2) is 0 Å². The molecule has 10 heteroatoms. The number of hydrogen-bond donors (Lipinski definition) is 3. The monoisotopic (exact) mass is 389 g/mol. The number of carboxylic acid groups (broad SMARTS) is 1. The van der Waals surface area contributed by atoms with Crippen LogP contribution in [0.1, 0.15) is 23.1 Å². The van der Waals surface area contributed by atoms with Crippen LogP contribution in [0.5, 0.6) is 0 Å². The predicted molar refractivity (Wildman–Crippen MR) is 94.3 cm³/mol. The first kappa shape index (κ1) is 19.7. The predicted octanol–water partition coefficient (Wildman–Crippen LogP) is 1.15. The lowest BCUT2D eigenvalue weighted by atomic mass is 9.90. The fourth-order valence-corrected chi connectivity index (χ4v) is 5.31. The second-order valence-electron chi connectivity index (χ2n) is 6.44. The molecule has 25 heavy (non-hydrogen) atoms. The molecule has 3 N–H and O–H groups in total. The SMILES string of the molecule is Cc1cc(S(=O)(=O)NCCNC(=O)N2CCC(C)(C(=O)O)C2)c(C)s1. The summed E-state index contributed by atoms with van der Waals surface area (Å²) in [6, 6.07) is 1.24. The van der Waals surface area contributed by atoms with Crippen molar-refractivity contribution in [3.8, 4) is 0 Å². The standard InChI is InChI=1S/C15H23N3O5S2/c1-10-8-12(11(2)24-10)25(22,23)17-6-5-16-14(21)18-7-4-15(3,9-18)13(19)20/h8,17H,4-7,9H2,1-3H3,(H,16,21)(H,19,20). The van der Waals surface area contributed by atoms with Crippen LogP contribution in [0.15, 0.2) is 11.0 Å². The van der Waals surface area contributed by atoms with E-state index in [1.54, 1.807) is 19.9 Å². The van der Waals surface area contributed by atoms with E-state index in [4.69, 9.17) is 0 Å². The number of amides is 2. The van der Waals surface area contributed by atoms with Crippen LogP contribution in [0.25, 0.3) is 0 Å². The number of nitrogens with one attached hydrogen (secondary N) is 2. The molecule has 0 spiro atoms. The zero-order valence-corrected chi connectivity index (χ0v) is 16.1. The number of sulfonamides is 1. The largest absolute Gasteiger partial charge is 0.481 e. The van der Waals surface area contributed by atoms with Crippen molar-refractivity contribution >= 4 is 33.4 Å². The van der Waals surface area contributed by atoms with E-state index in [-0.39, 0.29) is 30.6 Å². The maximum absolute atomic E-state index is 12.2. The van der Waals surface area contributed by atoms with Crippen molar-refractivity contribution in [2.45, 2.75) is 32.1 Å². The smallest absolute Gasteiger partial charge is 0.317 e. The molecule has 1 aromatic heterocycles. The number of nitrogens with zero attached hydrogens (tertiary/aromatic N) is 1. The summed E-state index contributed by atoms with van der Waals surface area (Å²) in [5.41, 5.74) is -0.923. The van der Waals surface area contributed by atoms with Gasteiger partial charge in [0.05, 0.1) is 10.3 Å². The number of thiophene rings is 1. The van der Waals surface area contributed by atoms with Crippen molar-refractivity contribution in [2.75, 3.05) is 26.2 Å². The van der Waals surface area contributed by atoms with Gasteiger partial charge in [0, 0.05) is 35.9 Å². The topological polar surface area (TPSA) is 116 Å². The lowest BCUT2D eigenvalue weighted by molar-refractivity contribution is -0.147. The zero-order valence-electron chi connectivity index (χ0n) is 14.5. The average Bonchev–Trinajstić information content (AvgIpc) is 3.07. The van der Waals surface area contributed by atoms with Gasteiger partial charge in [-0.25, -0.2) is 17.9 Å². The highest BCUT2D eigenvalue weighted by Gasteiger charge is 2.42. The molecule has 8 nitrogen and oxygen atoms in total. The summed E-state index contributed by atoms with van der Waals surface area (Å²) in [6.45, 7) is 5.91. The first-order valence-electron chi connectivity index (χ1n) is 7.88. The van der Waals surface area contributed by atoms with Gasteiger partial charge in [0.2, 0.25) is 10.0 Å². The first-order chi connectivity index (χ1) is 11.5. The van der Waals surface area contributed by atoms with E-state index < -0.39 is 21.4 Å². The summed E-state index contributed by atoms with van der Waals surface area (Å²) in [5.74, 6) is -0.919.